The second-order valence-electron chi connectivity index (χ2n) is 5.30. The number of nitrogens with two attached hydrogens (primary N) is 1. The summed E-state index contributed by atoms with van der Waals surface area (Å²) >= 11 is 0. The third kappa shape index (κ3) is 4.89. The van der Waals surface area contributed by atoms with Crippen LogP contribution in [0.25, 0.3) is 0 Å². The summed E-state index contributed by atoms with van der Waals surface area (Å²) in [6.07, 6.45) is 9.21. The van der Waals surface area contributed by atoms with Gasteiger partial charge in [0.05, 0.1) is 0 Å². The van der Waals surface area contributed by atoms with E-state index in [1.54, 1.807) is 0 Å². The zero-order valence-electron chi connectivity index (χ0n) is 11.7. The van der Waals surface area contributed by atoms with Gasteiger partial charge < -0.3 is 11.1 Å². The van der Waals surface area contributed by atoms with Crippen LogP contribution < -0.4 is 11.1 Å². The van der Waals surface area contributed by atoms with Crippen molar-refractivity contribution in [3.8, 4) is 0 Å². The highest BCUT2D eigenvalue weighted by Gasteiger charge is 2.12. The summed E-state index contributed by atoms with van der Waals surface area (Å²) < 4.78 is 0. The van der Waals surface area contributed by atoms with Crippen LogP contribution in [0.15, 0.2) is 23.3 Å². The summed E-state index contributed by atoms with van der Waals surface area (Å²) in [5.41, 5.74) is 8.17. The highest BCUT2D eigenvalue weighted by molar-refractivity contribution is 5.78. The Hall–Kier alpha value is -1.58. The largest absolute Gasteiger partial charge is 0.370 e. The number of hydrogen-bond acceptors (Lipinski definition) is 2. The Kier molecular flexibility index (Phi) is 5.19. The van der Waals surface area contributed by atoms with Gasteiger partial charge >= 0.3 is 0 Å². The van der Waals surface area contributed by atoms with Crippen molar-refractivity contribution in [3.63, 3.8) is 0 Å². The normalized spacial score (nSPS) is 17.4. The van der Waals surface area contributed by atoms with Crippen molar-refractivity contribution in [2.24, 2.45) is 10.7 Å². The van der Waals surface area contributed by atoms with Crippen molar-refractivity contribution >= 4 is 5.96 Å². The minimum absolute atomic E-state index is 0.526. The predicted octanol–water partition coefficient (Wildman–Crippen LogP) is 2.17. The zero-order valence-corrected chi connectivity index (χ0v) is 11.7. The van der Waals surface area contributed by atoms with Gasteiger partial charge in [-0.25, -0.2) is 0 Å². The number of aromatic nitrogens is 1. The maximum absolute atomic E-state index is 5.92. The lowest BCUT2D eigenvalue weighted by molar-refractivity contribution is 0.412. The summed E-state index contributed by atoms with van der Waals surface area (Å²) in [5, 5.41) is 3.33. The highest BCUT2D eigenvalue weighted by Crippen LogP contribution is 2.16. The molecule has 0 radical (unpaired) electrons. The van der Waals surface area contributed by atoms with Gasteiger partial charge in [-0.15, -0.1) is 0 Å². The lowest BCUT2D eigenvalue weighted by atomic mass is 9.96. The van der Waals surface area contributed by atoms with Crippen molar-refractivity contribution in [2.75, 3.05) is 6.54 Å². The molecule has 0 unspecified atom stereocenters. The smallest absolute Gasteiger partial charge is 0.188 e. The highest BCUT2D eigenvalue weighted by atomic mass is 15.1. The van der Waals surface area contributed by atoms with Gasteiger partial charge in [-0.05, 0) is 37.8 Å². The molecule has 1 aliphatic rings. The van der Waals surface area contributed by atoms with Crippen LogP contribution in [0.2, 0.25) is 0 Å². The Morgan fingerprint density at radius 1 is 1.37 bits per heavy atom. The Bertz CT molecular complexity index is 405. The molecule has 0 bridgehead atoms. The van der Waals surface area contributed by atoms with Gasteiger partial charge in [0.15, 0.2) is 5.96 Å². The number of nitrogens with one attached hydrogen (secondary N) is 1. The molecule has 1 aromatic rings. The standard InChI is InChI=1S/C15H24N4/c1-12-7-8-13(11-18-12)9-10-17-15(16)19-14-5-3-2-4-6-14/h7-8,11,14H,2-6,9-10H2,1H3,(H3,16,17,19). The van der Waals surface area contributed by atoms with Crippen molar-refractivity contribution in [3.05, 3.63) is 29.6 Å². The summed E-state index contributed by atoms with van der Waals surface area (Å²) in [5.74, 6) is 0.590. The molecule has 0 saturated heterocycles. The molecule has 1 heterocycles. The van der Waals surface area contributed by atoms with Crippen LogP contribution in [-0.4, -0.2) is 23.5 Å². The molecule has 0 aromatic carbocycles. The summed E-state index contributed by atoms with van der Waals surface area (Å²) in [6.45, 7) is 2.71. The molecule has 104 valence electrons. The van der Waals surface area contributed by atoms with Crippen LogP contribution >= 0.6 is 0 Å². The first-order valence-corrected chi connectivity index (χ1v) is 7.22. The van der Waals surface area contributed by atoms with E-state index in [0.29, 0.717) is 12.0 Å². The van der Waals surface area contributed by atoms with Crippen LogP contribution in [0.5, 0.6) is 0 Å². The summed E-state index contributed by atoms with van der Waals surface area (Å²) in [4.78, 5) is 8.67. The van der Waals surface area contributed by atoms with Crippen LogP contribution in [-0.2, 0) is 6.42 Å². The van der Waals surface area contributed by atoms with Crippen LogP contribution in [0, 0.1) is 6.92 Å². The molecule has 4 nitrogen and oxygen atoms in total. The van der Waals surface area contributed by atoms with E-state index in [1.165, 1.54) is 37.7 Å². The van der Waals surface area contributed by atoms with Gasteiger partial charge in [-0.2, -0.15) is 0 Å². The van der Waals surface area contributed by atoms with E-state index in [9.17, 15) is 0 Å². The molecule has 0 amide bonds. The molecule has 4 heteroatoms. The molecule has 19 heavy (non-hydrogen) atoms. The number of nitrogens with zero attached hydrogens (tertiary/aromatic N) is 2. The van der Waals surface area contributed by atoms with E-state index < -0.39 is 0 Å². The predicted molar refractivity (Wildman–Crippen MR) is 79.2 cm³/mol. The van der Waals surface area contributed by atoms with E-state index in [0.717, 1.165) is 18.7 Å². The average molecular weight is 260 g/mol. The van der Waals surface area contributed by atoms with Gasteiger partial charge in [-0.3, -0.25) is 9.98 Å². The van der Waals surface area contributed by atoms with Crippen molar-refractivity contribution in [1.29, 1.82) is 0 Å². The second kappa shape index (κ2) is 7.12. The molecular formula is C15H24N4. The fraction of sp³-hybridized carbons (Fsp3) is 0.600. The summed E-state index contributed by atoms with van der Waals surface area (Å²) in [6, 6.07) is 4.66. The third-order valence-electron chi connectivity index (χ3n) is 3.61. The molecule has 1 saturated carbocycles. The SMILES string of the molecule is Cc1ccc(CCN=C(N)NC2CCCCC2)cn1. The van der Waals surface area contributed by atoms with E-state index in [2.05, 4.69) is 21.4 Å². The Morgan fingerprint density at radius 2 is 2.16 bits per heavy atom. The molecule has 3 N–H and O–H groups in total. The zero-order chi connectivity index (χ0) is 13.5. The van der Waals surface area contributed by atoms with Crippen molar-refractivity contribution < 1.29 is 0 Å². The molecule has 1 fully saturated rings. The molecule has 0 spiro atoms. The van der Waals surface area contributed by atoms with Crippen LogP contribution in [0.1, 0.15) is 43.4 Å². The van der Waals surface area contributed by atoms with E-state index >= 15 is 0 Å². The lowest BCUT2D eigenvalue weighted by Gasteiger charge is -2.23. The number of guanidine groups is 1. The second-order valence-corrected chi connectivity index (χ2v) is 5.30. The fourth-order valence-electron chi connectivity index (χ4n) is 2.45. The molecule has 0 aliphatic heterocycles. The van der Waals surface area contributed by atoms with E-state index in [-0.39, 0.29) is 0 Å². The quantitative estimate of drug-likeness (QED) is 0.644. The van der Waals surface area contributed by atoms with E-state index in [1.807, 2.05) is 19.2 Å². The fourth-order valence-corrected chi connectivity index (χ4v) is 2.45. The summed E-state index contributed by atoms with van der Waals surface area (Å²) in [7, 11) is 0. The molecule has 2 rings (SSSR count). The van der Waals surface area contributed by atoms with Gasteiger partial charge in [-0.1, -0.05) is 25.3 Å². The van der Waals surface area contributed by atoms with Crippen molar-refractivity contribution in [1.82, 2.24) is 10.3 Å². The topological polar surface area (TPSA) is 63.3 Å². The number of hydrogen-bond donors (Lipinski definition) is 2. The maximum Gasteiger partial charge on any atom is 0.188 e. The average Bonchev–Trinajstić information content (AvgIpc) is 2.42. The van der Waals surface area contributed by atoms with Gasteiger partial charge in [0.1, 0.15) is 0 Å². The first-order valence-electron chi connectivity index (χ1n) is 7.22. The van der Waals surface area contributed by atoms with Gasteiger partial charge in [0.25, 0.3) is 0 Å². The molecule has 1 aromatic heterocycles. The molecule has 0 atom stereocenters. The minimum Gasteiger partial charge on any atom is -0.370 e. The molecule has 1 aliphatic carbocycles. The minimum atomic E-state index is 0.526. The Morgan fingerprint density at radius 3 is 2.84 bits per heavy atom. The Labute approximate surface area is 115 Å². The van der Waals surface area contributed by atoms with Crippen molar-refractivity contribution in [2.45, 2.75) is 51.5 Å². The first kappa shape index (κ1) is 13.8. The maximum atomic E-state index is 5.92. The molecular weight excluding hydrogens is 236 g/mol. The van der Waals surface area contributed by atoms with Crippen LogP contribution in [0.3, 0.4) is 0 Å². The lowest BCUT2D eigenvalue weighted by Crippen LogP contribution is -2.41. The van der Waals surface area contributed by atoms with Gasteiger partial charge in [0, 0.05) is 24.5 Å². The van der Waals surface area contributed by atoms with E-state index in [4.69, 9.17) is 5.73 Å². The number of aryl methyl sites for hydroxylation is 1. The third-order valence-corrected chi connectivity index (χ3v) is 3.61. The van der Waals surface area contributed by atoms with Gasteiger partial charge in [0.2, 0.25) is 0 Å². The number of aliphatic imine (C=N–C) groups is 1. The number of rotatable bonds is 4. The Balaban J connectivity index is 1.73. The van der Waals surface area contributed by atoms with Crippen LogP contribution in [0.4, 0.5) is 0 Å². The monoisotopic (exact) mass is 260 g/mol. The first-order chi connectivity index (χ1) is 9.24. The number of pyridine rings is 1.